The molecule has 1 saturated carbocycles. The van der Waals surface area contributed by atoms with Crippen molar-refractivity contribution in [3.8, 4) is 23.0 Å². The van der Waals surface area contributed by atoms with Gasteiger partial charge in [-0.2, -0.15) is 0 Å². The molecule has 8 heteroatoms. The van der Waals surface area contributed by atoms with Crippen molar-refractivity contribution in [3.05, 3.63) is 149 Å². The molecule has 5 aromatic rings. The summed E-state index contributed by atoms with van der Waals surface area (Å²) >= 11 is 0. The Hall–Kier alpha value is -6.15. The Balaban J connectivity index is 1.37. The summed E-state index contributed by atoms with van der Waals surface area (Å²) in [5.74, 6) is -0.807. The number of rotatable bonds is 5. The number of carbonyl (C=O) groups is 3. The highest BCUT2D eigenvalue weighted by Crippen LogP contribution is 2.75. The van der Waals surface area contributed by atoms with E-state index < -0.39 is 34.5 Å². The van der Waals surface area contributed by atoms with E-state index in [0.29, 0.717) is 62.1 Å². The number of allylic oxidation sites excluding steroid dienone is 2. The zero-order valence-electron chi connectivity index (χ0n) is 27.8. The first-order valence-corrected chi connectivity index (χ1v) is 17.0. The van der Waals surface area contributed by atoms with E-state index in [1.165, 1.54) is 4.90 Å². The first-order valence-electron chi connectivity index (χ1n) is 17.0. The van der Waals surface area contributed by atoms with E-state index in [0.717, 1.165) is 11.1 Å². The summed E-state index contributed by atoms with van der Waals surface area (Å²) in [7, 11) is 0. The molecule has 2 fully saturated rings. The topological polar surface area (TPSA) is 91.4 Å². The molecule has 0 N–H and O–H groups in total. The number of nitrogens with zero attached hydrogens (tertiary/aromatic N) is 1. The molecule has 250 valence electrons. The van der Waals surface area contributed by atoms with Gasteiger partial charge in [0, 0.05) is 0 Å². The van der Waals surface area contributed by atoms with Crippen LogP contribution in [0.15, 0.2) is 115 Å². The lowest BCUT2D eigenvalue weighted by molar-refractivity contribution is -0.130. The maximum atomic E-state index is 16.2. The molecule has 51 heavy (non-hydrogen) atoms. The summed E-state index contributed by atoms with van der Waals surface area (Å²) in [5, 5.41) is 0. The molecule has 2 amide bonds. The zero-order valence-corrected chi connectivity index (χ0v) is 27.8. The van der Waals surface area contributed by atoms with Crippen molar-refractivity contribution in [1.29, 1.82) is 0 Å². The molecular formula is C43H31NO7. The van der Waals surface area contributed by atoms with Crippen LogP contribution in [0, 0.1) is 25.7 Å². The monoisotopic (exact) mass is 673 g/mol. The minimum absolute atomic E-state index is 0.0755. The van der Waals surface area contributed by atoms with Crippen molar-refractivity contribution < 1.29 is 33.3 Å². The van der Waals surface area contributed by atoms with Gasteiger partial charge in [-0.05, 0) is 83.1 Å². The Morgan fingerprint density at radius 3 is 1.49 bits per heavy atom. The Kier molecular flexibility index (Phi) is 6.08. The number of ketones is 1. The zero-order chi connectivity index (χ0) is 34.6. The fraction of sp³-hybridized carbons (Fsp3) is 0.186. The van der Waals surface area contributed by atoms with Gasteiger partial charge in [-0.1, -0.05) is 90.5 Å². The normalized spacial score (nSPS) is 25.3. The summed E-state index contributed by atoms with van der Waals surface area (Å²) in [6, 6.07) is 36.0. The quantitative estimate of drug-likeness (QED) is 0.187. The third-order valence-corrected chi connectivity index (χ3v) is 11.4. The van der Waals surface area contributed by atoms with Crippen LogP contribution in [-0.2, 0) is 25.2 Å². The smallest absolute Gasteiger partial charge is 0.239 e. The molecule has 8 nitrogen and oxygen atoms in total. The van der Waals surface area contributed by atoms with Crippen LogP contribution in [0.1, 0.15) is 33.4 Å². The lowest BCUT2D eigenvalue weighted by Crippen LogP contribution is -2.45. The van der Waals surface area contributed by atoms with Crippen molar-refractivity contribution >= 4 is 34.4 Å². The van der Waals surface area contributed by atoms with Crippen molar-refractivity contribution in [3.63, 3.8) is 0 Å². The summed E-state index contributed by atoms with van der Waals surface area (Å²) in [5.41, 5.74) is 3.25. The Labute approximate surface area is 293 Å². The molecule has 0 radical (unpaired) electrons. The van der Waals surface area contributed by atoms with Gasteiger partial charge in [0.15, 0.2) is 28.8 Å². The fourth-order valence-corrected chi connectivity index (χ4v) is 9.52. The van der Waals surface area contributed by atoms with Crippen molar-refractivity contribution in [2.45, 2.75) is 24.7 Å². The molecule has 5 aliphatic rings. The molecule has 3 heterocycles. The van der Waals surface area contributed by atoms with Crippen molar-refractivity contribution in [2.75, 3.05) is 18.5 Å². The predicted molar refractivity (Wildman–Crippen MR) is 189 cm³/mol. The first-order chi connectivity index (χ1) is 24.9. The van der Waals surface area contributed by atoms with E-state index in [2.05, 4.69) is 0 Å². The highest BCUT2D eigenvalue weighted by atomic mass is 16.7. The number of Topliss-reactive ketones (excluding diaryl/α,β-unsaturated/α-hetero) is 1. The second-order valence-electron chi connectivity index (χ2n) is 13.8. The molecule has 0 aromatic heterocycles. The van der Waals surface area contributed by atoms with Crippen molar-refractivity contribution in [2.24, 2.45) is 11.8 Å². The summed E-state index contributed by atoms with van der Waals surface area (Å²) in [6.45, 7) is 4.04. The number of ether oxygens (including phenoxy) is 4. The lowest BCUT2D eigenvalue weighted by Gasteiger charge is -2.39. The van der Waals surface area contributed by atoms with Gasteiger partial charge in [-0.15, -0.1) is 0 Å². The number of imide groups is 1. The van der Waals surface area contributed by atoms with Gasteiger partial charge in [0.05, 0.1) is 28.4 Å². The molecule has 0 spiro atoms. The maximum absolute atomic E-state index is 16.2. The number of hydrogen-bond acceptors (Lipinski definition) is 7. The van der Waals surface area contributed by atoms with Crippen LogP contribution in [0.4, 0.5) is 5.69 Å². The van der Waals surface area contributed by atoms with Crippen LogP contribution < -0.4 is 23.8 Å². The standard InChI is InChI=1S/C43H31NO7/c1-24-13-16-30(25(2)19-24)44-39(45)37-38(40(44)46)43(29-11-7-4-8-12-29)36(27-15-18-32-34(21-27)51-23-49-32)35(26-14-17-31-33(20-26)50-22-48-31)42(37,41(43)47)28-9-5-3-6-10-28/h3-21,37-38H,22-23H2,1-2H3/t37-,38-,42+,43+/m1/s1. The Morgan fingerprint density at radius 2 is 1.02 bits per heavy atom. The highest BCUT2D eigenvalue weighted by Gasteiger charge is 2.83. The van der Waals surface area contributed by atoms with Gasteiger partial charge < -0.3 is 18.9 Å². The third-order valence-electron chi connectivity index (χ3n) is 11.4. The molecule has 5 aromatic carbocycles. The van der Waals surface area contributed by atoms with Gasteiger partial charge in [0.1, 0.15) is 0 Å². The van der Waals surface area contributed by atoms with Gasteiger partial charge in [0.2, 0.25) is 25.4 Å². The highest BCUT2D eigenvalue weighted by molar-refractivity contribution is 6.39. The largest absolute Gasteiger partial charge is 0.454 e. The molecule has 3 aliphatic heterocycles. The number of benzene rings is 5. The third kappa shape index (κ3) is 3.66. The van der Waals surface area contributed by atoms with Crippen LogP contribution >= 0.6 is 0 Å². The predicted octanol–water partition coefficient (Wildman–Crippen LogP) is 6.95. The maximum Gasteiger partial charge on any atom is 0.239 e. The number of amides is 2. The molecule has 2 aliphatic carbocycles. The van der Waals surface area contributed by atoms with E-state index in [-0.39, 0.29) is 19.4 Å². The van der Waals surface area contributed by atoms with Gasteiger partial charge >= 0.3 is 0 Å². The second-order valence-corrected chi connectivity index (χ2v) is 13.8. The van der Waals surface area contributed by atoms with Crippen LogP contribution in [0.3, 0.4) is 0 Å². The van der Waals surface area contributed by atoms with E-state index in [1.54, 1.807) is 0 Å². The number of anilines is 1. The minimum Gasteiger partial charge on any atom is -0.454 e. The number of carbonyl (C=O) groups excluding carboxylic acids is 3. The minimum atomic E-state index is -1.55. The molecule has 1 saturated heterocycles. The van der Waals surface area contributed by atoms with Crippen LogP contribution in [0.2, 0.25) is 0 Å². The molecule has 0 unspecified atom stereocenters. The summed E-state index contributed by atoms with van der Waals surface area (Å²) in [6.07, 6.45) is 0. The van der Waals surface area contributed by atoms with Crippen molar-refractivity contribution in [1.82, 2.24) is 0 Å². The Bertz CT molecular complexity index is 2250. The number of aryl methyl sites for hydroxylation is 2. The molecule has 10 rings (SSSR count). The number of fused-ring (bicyclic) bond motifs is 7. The SMILES string of the molecule is Cc1ccc(N2C(=O)[C@H]3[C@H](C2=O)[C@@]2(c4ccccc4)C(=O)[C@@]3(c3ccccc3)C(c3ccc4c(c3)OCO4)=C2c2ccc3c(c2)OCO3)c(C)c1. The van der Waals surface area contributed by atoms with E-state index in [4.69, 9.17) is 18.9 Å². The van der Waals surface area contributed by atoms with Crippen LogP contribution in [0.25, 0.3) is 11.1 Å². The van der Waals surface area contributed by atoms with E-state index in [1.807, 2.05) is 129 Å². The summed E-state index contributed by atoms with van der Waals surface area (Å²) < 4.78 is 23.2. The van der Waals surface area contributed by atoms with Gasteiger partial charge in [-0.25, -0.2) is 4.90 Å². The fourth-order valence-electron chi connectivity index (χ4n) is 9.52. The molecule has 4 atom stereocenters. The van der Waals surface area contributed by atoms with E-state index >= 15 is 14.4 Å². The summed E-state index contributed by atoms with van der Waals surface area (Å²) in [4.78, 5) is 48.2. The molecule has 2 bridgehead atoms. The average molecular weight is 674 g/mol. The molecular weight excluding hydrogens is 642 g/mol. The van der Waals surface area contributed by atoms with Crippen LogP contribution in [-0.4, -0.2) is 31.2 Å². The van der Waals surface area contributed by atoms with Gasteiger partial charge in [-0.3, -0.25) is 14.4 Å². The average Bonchev–Trinajstić information content (AvgIpc) is 3.96. The van der Waals surface area contributed by atoms with Crippen LogP contribution in [0.5, 0.6) is 23.0 Å². The second kappa shape index (κ2) is 10.4. The lowest BCUT2D eigenvalue weighted by atomic mass is 9.59. The number of hydrogen-bond donors (Lipinski definition) is 0. The van der Waals surface area contributed by atoms with E-state index in [9.17, 15) is 0 Å². The Morgan fingerprint density at radius 1 is 0.549 bits per heavy atom. The first kappa shape index (κ1) is 29.7. The van der Waals surface area contributed by atoms with Gasteiger partial charge in [0.25, 0.3) is 0 Å².